The van der Waals surface area contributed by atoms with Crippen LogP contribution < -0.4 is 0 Å². The number of hydrogen-bond donors (Lipinski definition) is 0. The van der Waals surface area contributed by atoms with E-state index in [2.05, 4.69) is 27.7 Å². The maximum absolute atomic E-state index is 5.54. The Hall–Kier alpha value is -0.0301. The van der Waals surface area contributed by atoms with Gasteiger partial charge in [-0.2, -0.15) is 0 Å². The Bertz CT molecular complexity index is 211. The van der Waals surface area contributed by atoms with Crippen LogP contribution in [0.1, 0.15) is 27.7 Å². The fourth-order valence-corrected chi connectivity index (χ4v) is 1.61. The number of hydrogen-bond acceptors (Lipinski definition) is 4. The Balaban J connectivity index is 0.000000181. The minimum Gasteiger partial charge on any atom is -0.409 e. The summed E-state index contributed by atoms with van der Waals surface area (Å²) in [5, 5.41) is 0. The summed E-state index contributed by atoms with van der Waals surface area (Å²) in [6, 6.07) is 0. The second-order valence-corrected chi connectivity index (χ2v) is 5.13. The quantitative estimate of drug-likeness (QED) is 0.593. The molecule has 92 valence electrons. The predicted molar refractivity (Wildman–Crippen MR) is 65.5 cm³/mol. The van der Waals surface area contributed by atoms with Gasteiger partial charge in [-0.05, 0) is 41.3 Å². The Morgan fingerprint density at radius 2 is 1.12 bits per heavy atom. The van der Waals surface area contributed by atoms with Crippen molar-refractivity contribution < 1.29 is 18.6 Å². The van der Waals surface area contributed by atoms with E-state index in [0.29, 0.717) is 0 Å². The Morgan fingerprint density at radius 3 is 1.25 bits per heavy atom. The van der Waals surface area contributed by atoms with Crippen molar-refractivity contribution >= 4 is 14.2 Å². The van der Waals surface area contributed by atoms with E-state index in [-0.39, 0.29) is 25.4 Å². The van der Waals surface area contributed by atoms with Gasteiger partial charge in [0.1, 0.15) is 0 Å². The summed E-state index contributed by atoms with van der Waals surface area (Å²) >= 11 is 0. The van der Waals surface area contributed by atoms with Gasteiger partial charge in [0.15, 0.2) is 0 Å². The minimum absolute atomic E-state index is 0.0463. The molecular formula is C10H22B2O4. The summed E-state index contributed by atoms with van der Waals surface area (Å²) < 4.78 is 20.9. The molecule has 2 aliphatic heterocycles. The van der Waals surface area contributed by atoms with E-state index in [9.17, 15) is 0 Å². The van der Waals surface area contributed by atoms with E-state index in [1.165, 1.54) is 0 Å². The molecule has 0 spiro atoms. The highest BCUT2D eigenvalue weighted by molar-refractivity contribution is 6.43. The van der Waals surface area contributed by atoms with Crippen molar-refractivity contribution in [2.45, 2.75) is 52.5 Å². The normalized spacial score (nSPS) is 26.6. The molecular weight excluding hydrogens is 206 g/mol. The van der Waals surface area contributed by atoms with Crippen LogP contribution in [0.25, 0.3) is 0 Å². The van der Waals surface area contributed by atoms with Crippen molar-refractivity contribution in [3.63, 3.8) is 0 Å². The predicted octanol–water partition coefficient (Wildman–Crippen LogP) is 1.86. The van der Waals surface area contributed by atoms with E-state index in [0.717, 1.165) is 13.2 Å². The van der Waals surface area contributed by atoms with Gasteiger partial charge < -0.3 is 18.6 Å². The summed E-state index contributed by atoms with van der Waals surface area (Å²) in [4.78, 5) is 0. The fraction of sp³-hybridized carbons (Fsp3) is 1.00. The van der Waals surface area contributed by atoms with Crippen LogP contribution in [0, 0.1) is 0 Å². The zero-order valence-electron chi connectivity index (χ0n) is 11.2. The van der Waals surface area contributed by atoms with Crippen LogP contribution in [0.5, 0.6) is 0 Å². The van der Waals surface area contributed by atoms with E-state index in [1.807, 2.05) is 13.6 Å². The average Bonchev–Trinajstić information content (AvgIpc) is 2.59. The van der Waals surface area contributed by atoms with Crippen molar-refractivity contribution in [2.24, 2.45) is 0 Å². The molecule has 2 saturated heterocycles. The molecule has 0 aromatic heterocycles. The van der Waals surface area contributed by atoms with Gasteiger partial charge >= 0.3 is 14.2 Å². The van der Waals surface area contributed by atoms with Crippen LogP contribution in [0.15, 0.2) is 0 Å². The molecule has 0 aliphatic carbocycles. The third kappa shape index (κ3) is 3.48. The Labute approximate surface area is 99.3 Å². The summed E-state index contributed by atoms with van der Waals surface area (Å²) in [6.07, 6.45) is 0. The van der Waals surface area contributed by atoms with Crippen LogP contribution in [-0.4, -0.2) is 38.7 Å². The molecule has 2 fully saturated rings. The zero-order chi connectivity index (χ0) is 12.4. The highest BCUT2D eigenvalue weighted by atomic mass is 16.7. The highest BCUT2D eigenvalue weighted by Gasteiger charge is 2.48. The molecule has 0 amide bonds. The molecule has 0 aromatic carbocycles. The molecule has 0 radical (unpaired) electrons. The van der Waals surface area contributed by atoms with Gasteiger partial charge in [0.2, 0.25) is 0 Å². The molecule has 16 heavy (non-hydrogen) atoms. The molecule has 0 atom stereocenters. The third-order valence-corrected chi connectivity index (χ3v) is 3.16. The minimum atomic E-state index is -0.160. The van der Waals surface area contributed by atoms with Crippen molar-refractivity contribution in [1.82, 2.24) is 0 Å². The molecule has 0 aromatic rings. The molecule has 0 bridgehead atoms. The monoisotopic (exact) mass is 228 g/mol. The number of rotatable bonds is 0. The lowest BCUT2D eigenvalue weighted by Crippen LogP contribution is -2.41. The SMILES string of the molecule is CB1OC(C)(C)C(C)(C)O1.CB1OCCO1. The molecule has 2 aliphatic rings. The first-order valence-electron chi connectivity index (χ1n) is 5.83. The maximum atomic E-state index is 5.54. The first-order chi connectivity index (χ1) is 7.24. The van der Waals surface area contributed by atoms with Crippen LogP contribution in [0.4, 0.5) is 0 Å². The first-order valence-corrected chi connectivity index (χ1v) is 5.83. The van der Waals surface area contributed by atoms with E-state index in [4.69, 9.17) is 18.6 Å². The molecule has 0 unspecified atom stereocenters. The van der Waals surface area contributed by atoms with Gasteiger partial charge in [-0.1, -0.05) is 0 Å². The van der Waals surface area contributed by atoms with Crippen molar-refractivity contribution in [2.75, 3.05) is 13.2 Å². The van der Waals surface area contributed by atoms with E-state index < -0.39 is 0 Å². The molecule has 0 N–H and O–H groups in total. The lowest BCUT2D eigenvalue weighted by Gasteiger charge is -2.32. The van der Waals surface area contributed by atoms with Crippen molar-refractivity contribution in [3.8, 4) is 0 Å². The van der Waals surface area contributed by atoms with Crippen LogP contribution in [-0.2, 0) is 18.6 Å². The fourth-order valence-electron chi connectivity index (χ4n) is 1.61. The van der Waals surface area contributed by atoms with E-state index >= 15 is 0 Å². The second-order valence-electron chi connectivity index (χ2n) is 5.13. The molecule has 0 saturated carbocycles. The zero-order valence-corrected chi connectivity index (χ0v) is 11.2. The smallest absolute Gasteiger partial charge is 0.409 e. The van der Waals surface area contributed by atoms with Gasteiger partial charge in [0.05, 0.1) is 24.4 Å². The standard InChI is InChI=1S/C7H15BO2.C3H7BO2/c1-6(2)7(3,4)10-8(5)9-6;1-4-5-2-3-6-4/h1-5H3;2-3H2,1H3. The van der Waals surface area contributed by atoms with Gasteiger partial charge in [-0.3, -0.25) is 0 Å². The van der Waals surface area contributed by atoms with Crippen molar-refractivity contribution in [1.29, 1.82) is 0 Å². The van der Waals surface area contributed by atoms with Gasteiger partial charge in [0.25, 0.3) is 0 Å². The molecule has 2 rings (SSSR count). The lowest BCUT2D eigenvalue weighted by atomic mass is 9.90. The summed E-state index contributed by atoms with van der Waals surface area (Å²) in [5.41, 5.74) is -0.321. The maximum Gasteiger partial charge on any atom is 0.454 e. The molecule has 2 heterocycles. The topological polar surface area (TPSA) is 36.9 Å². The lowest BCUT2D eigenvalue weighted by molar-refractivity contribution is 0.00578. The van der Waals surface area contributed by atoms with Crippen LogP contribution in [0.2, 0.25) is 13.6 Å². The van der Waals surface area contributed by atoms with Gasteiger partial charge in [-0.15, -0.1) is 0 Å². The second kappa shape index (κ2) is 5.08. The highest BCUT2D eigenvalue weighted by Crippen LogP contribution is 2.36. The third-order valence-electron chi connectivity index (χ3n) is 3.16. The molecule has 4 nitrogen and oxygen atoms in total. The molecule has 6 heteroatoms. The van der Waals surface area contributed by atoms with Gasteiger partial charge in [-0.25, -0.2) is 0 Å². The average molecular weight is 228 g/mol. The van der Waals surface area contributed by atoms with Gasteiger partial charge in [0, 0.05) is 0 Å². The Morgan fingerprint density at radius 1 is 0.750 bits per heavy atom. The van der Waals surface area contributed by atoms with Crippen molar-refractivity contribution in [3.05, 3.63) is 0 Å². The van der Waals surface area contributed by atoms with Crippen LogP contribution in [0.3, 0.4) is 0 Å². The largest absolute Gasteiger partial charge is 0.454 e. The summed E-state index contributed by atoms with van der Waals surface area (Å²) in [5.74, 6) is 0. The summed E-state index contributed by atoms with van der Waals surface area (Å²) in [6.45, 7) is 13.6. The first kappa shape index (κ1) is 14.0. The summed E-state index contributed by atoms with van der Waals surface area (Å²) in [7, 11) is -0.0185. The van der Waals surface area contributed by atoms with Crippen LogP contribution >= 0.6 is 0 Å². The Kier molecular flexibility index (Phi) is 4.46. The van der Waals surface area contributed by atoms with E-state index in [1.54, 1.807) is 0 Å².